The van der Waals surface area contributed by atoms with Crippen molar-refractivity contribution in [3.8, 4) is 0 Å². The predicted molar refractivity (Wildman–Crippen MR) is 79.9 cm³/mol. The molecule has 0 spiro atoms. The molecule has 1 aromatic rings. The summed E-state index contributed by atoms with van der Waals surface area (Å²) in [4.78, 5) is 23.6. The van der Waals surface area contributed by atoms with E-state index in [-0.39, 0.29) is 12.5 Å². The second kappa shape index (κ2) is 7.91. The van der Waals surface area contributed by atoms with Crippen LogP contribution in [0.3, 0.4) is 0 Å². The van der Waals surface area contributed by atoms with Crippen molar-refractivity contribution in [2.45, 2.75) is 24.3 Å². The van der Waals surface area contributed by atoms with E-state index in [2.05, 4.69) is 10.6 Å². The molecule has 0 aliphatic carbocycles. The summed E-state index contributed by atoms with van der Waals surface area (Å²) >= 11 is 1.66. The third kappa shape index (κ3) is 6.08. The molecular weight excluding hydrogens is 276 g/mol. The van der Waals surface area contributed by atoms with Crippen molar-refractivity contribution >= 4 is 23.6 Å². The molecule has 0 fully saturated rings. The molecule has 0 heterocycles. The minimum absolute atomic E-state index is 0.00466. The summed E-state index contributed by atoms with van der Waals surface area (Å²) in [7, 11) is 0. The van der Waals surface area contributed by atoms with E-state index < -0.39 is 11.5 Å². The lowest BCUT2D eigenvalue weighted by Crippen LogP contribution is -2.50. The molecule has 0 unspecified atom stereocenters. The molecule has 0 saturated carbocycles. The molecule has 0 aliphatic heterocycles. The molecule has 1 aromatic carbocycles. The molecule has 0 saturated heterocycles. The number of hydrogen-bond donors (Lipinski definition) is 3. The Morgan fingerprint density at radius 3 is 2.50 bits per heavy atom. The number of rotatable bonds is 8. The number of thioether (sulfide) groups is 1. The summed E-state index contributed by atoms with van der Waals surface area (Å²) in [6.07, 6.45) is 0. The molecule has 110 valence electrons. The lowest BCUT2D eigenvalue weighted by atomic mass is 10.1. The first-order valence-electron chi connectivity index (χ1n) is 6.35. The van der Waals surface area contributed by atoms with Gasteiger partial charge in [-0.15, -0.1) is 11.8 Å². The standard InChI is InChI=1S/C14H20N2O3S/c1-14(2,13(18)19)16-10-12(17)15-8-9-20-11-6-4-3-5-7-11/h3-7,16H,8-10H2,1-2H3,(H,15,17)(H,18,19). The van der Waals surface area contributed by atoms with Crippen molar-refractivity contribution in [2.24, 2.45) is 0 Å². The number of carbonyl (C=O) groups excluding carboxylic acids is 1. The van der Waals surface area contributed by atoms with E-state index in [1.807, 2.05) is 30.3 Å². The summed E-state index contributed by atoms with van der Waals surface area (Å²) in [6.45, 7) is 3.59. The second-order valence-corrected chi connectivity index (χ2v) is 5.96. The van der Waals surface area contributed by atoms with Gasteiger partial charge >= 0.3 is 5.97 Å². The lowest BCUT2D eigenvalue weighted by molar-refractivity contribution is -0.143. The Balaban J connectivity index is 2.16. The van der Waals surface area contributed by atoms with E-state index in [0.29, 0.717) is 6.54 Å². The van der Waals surface area contributed by atoms with Gasteiger partial charge in [0.1, 0.15) is 5.54 Å². The number of amides is 1. The maximum Gasteiger partial charge on any atom is 0.323 e. The van der Waals surface area contributed by atoms with Gasteiger partial charge in [-0.2, -0.15) is 0 Å². The zero-order valence-electron chi connectivity index (χ0n) is 11.7. The number of aliphatic carboxylic acids is 1. The molecule has 0 bridgehead atoms. The van der Waals surface area contributed by atoms with E-state index in [9.17, 15) is 9.59 Å². The van der Waals surface area contributed by atoms with Crippen LogP contribution in [0.25, 0.3) is 0 Å². The second-order valence-electron chi connectivity index (χ2n) is 4.80. The molecule has 3 N–H and O–H groups in total. The highest BCUT2D eigenvalue weighted by molar-refractivity contribution is 7.99. The molecule has 0 radical (unpaired) electrons. The van der Waals surface area contributed by atoms with Crippen LogP contribution in [0.5, 0.6) is 0 Å². The van der Waals surface area contributed by atoms with Crippen molar-refractivity contribution in [1.29, 1.82) is 0 Å². The summed E-state index contributed by atoms with van der Waals surface area (Å²) < 4.78 is 0. The number of carboxylic acid groups (broad SMARTS) is 1. The average Bonchev–Trinajstić information content (AvgIpc) is 2.42. The Bertz CT molecular complexity index is 449. The summed E-state index contributed by atoms with van der Waals surface area (Å²) in [5.41, 5.74) is -1.10. The van der Waals surface area contributed by atoms with Gasteiger partial charge in [-0.3, -0.25) is 14.9 Å². The van der Waals surface area contributed by atoms with Gasteiger partial charge in [-0.25, -0.2) is 0 Å². The molecule has 0 aromatic heterocycles. The van der Waals surface area contributed by atoms with E-state index in [4.69, 9.17) is 5.11 Å². The fourth-order valence-corrected chi connectivity index (χ4v) is 2.10. The van der Waals surface area contributed by atoms with Crippen molar-refractivity contribution in [3.05, 3.63) is 30.3 Å². The zero-order valence-corrected chi connectivity index (χ0v) is 12.5. The van der Waals surface area contributed by atoms with Crippen LogP contribution in [-0.2, 0) is 9.59 Å². The van der Waals surface area contributed by atoms with Gasteiger partial charge in [-0.1, -0.05) is 18.2 Å². The van der Waals surface area contributed by atoms with Crippen LogP contribution in [0, 0.1) is 0 Å². The number of benzene rings is 1. The smallest absolute Gasteiger partial charge is 0.323 e. The molecule has 0 atom stereocenters. The van der Waals surface area contributed by atoms with Gasteiger partial charge in [0.15, 0.2) is 0 Å². The maximum absolute atomic E-state index is 11.5. The number of nitrogens with one attached hydrogen (secondary N) is 2. The van der Waals surface area contributed by atoms with E-state index >= 15 is 0 Å². The van der Waals surface area contributed by atoms with Gasteiger partial charge in [0.2, 0.25) is 5.91 Å². The predicted octanol–water partition coefficient (Wildman–Crippen LogP) is 1.35. The first kappa shape index (κ1) is 16.5. The first-order valence-corrected chi connectivity index (χ1v) is 7.33. The highest BCUT2D eigenvalue weighted by atomic mass is 32.2. The van der Waals surface area contributed by atoms with Crippen LogP contribution in [0.1, 0.15) is 13.8 Å². The first-order chi connectivity index (χ1) is 9.42. The Hall–Kier alpha value is -1.53. The Labute approximate surface area is 123 Å². The van der Waals surface area contributed by atoms with Gasteiger partial charge in [0.05, 0.1) is 6.54 Å². The monoisotopic (exact) mass is 296 g/mol. The number of carbonyl (C=O) groups is 2. The minimum atomic E-state index is -1.10. The minimum Gasteiger partial charge on any atom is -0.480 e. The SMILES string of the molecule is CC(C)(NCC(=O)NCCSc1ccccc1)C(=O)O. The number of hydrogen-bond acceptors (Lipinski definition) is 4. The van der Waals surface area contributed by atoms with E-state index in [0.717, 1.165) is 10.6 Å². The summed E-state index contributed by atoms with van der Waals surface area (Å²) in [5.74, 6) is -0.407. The van der Waals surface area contributed by atoms with E-state index in [1.54, 1.807) is 11.8 Å². The molecule has 20 heavy (non-hydrogen) atoms. The fraction of sp³-hybridized carbons (Fsp3) is 0.429. The molecule has 1 amide bonds. The van der Waals surface area contributed by atoms with Crippen molar-refractivity contribution in [1.82, 2.24) is 10.6 Å². The Kier molecular flexibility index (Phi) is 6.54. The fourth-order valence-electron chi connectivity index (χ4n) is 1.32. The van der Waals surface area contributed by atoms with Crippen LogP contribution in [0.15, 0.2) is 35.2 Å². The van der Waals surface area contributed by atoms with Gasteiger partial charge in [0.25, 0.3) is 0 Å². The quantitative estimate of drug-likeness (QED) is 0.498. The highest BCUT2D eigenvalue weighted by Gasteiger charge is 2.26. The maximum atomic E-state index is 11.5. The van der Waals surface area contributed by atoms with Gasteiger partial charge in [-0.05, 0) is 26.0 Å². The van der Waals surface area contributed by atoms with Crippen LogP contribution < -0.4 is 10.6 Å². The van der Waals surface area contributed by atoms with Crippen LogP contribution in [0.2, 0.25) is 0 Å². The van der Waals surface area contributed by atoms with Crippen LogP contribution in [-0.4, -0.2) is 41.4 Å². The van der Waals surface area contributed by atoms with E-state index in [1.165, 1.54) is 13.8 Å². The topological polar surface area (TPSA) is 78.4 Å². The molecular formula is C14H20N2O3S. The summed E-state index contributed by atoms with van der Waals surface area (Å²) in [6, 6.07) is 9.94. The molecule has 6 heteroatoms. The average molecular weight is 296 g/mol. The highest BCUT2D eigenvalue weighted by Crippen LogP contribution is 2.15. The van der Waals surface area contributed by atoms with Crippen molar-refractivity contribution < 1.29 is 14.7 Å². The van der Waals surface area contributed by atoms with Crippen LogP contribution in [0.4, 0.5) is 0 Å². The number of carboxylic acids is 1. The Morgan fingerprint density at radius 1 is 1.25 bits per heavy atom. The molecule has 1 rings (SSSR count). The third-order valence-electron chi connectivity index (χ3n) is 2.66. The zero-order chi connectivity index (χ0) is 15.0. The lowest BCUT2D eigenvalue weighted by Gasteiger charge is -2.20. The Morgan fingerprint density at radius 2 is 1.90 bits per heavy atom. The van der Waals surface area contributed by atoms with Crippen molar-refractivity contribution in [3.63, 3.8) is 0 Å². The van der Waals surface area contributed by atoms with Crippen molar-refractivity contribution in [2.75, 3.05) is 18.8 Å². The van der Waals surface area contributed by atoms with Gasteiger partial charge in [0, 0.05) is 17.2 Å². The third-order valence-corrected chi connectivity index (χ3v) is 3.68. The molecule has 5 nitrogen and oxygen atoms in total. The molecule has 0 aliphatic rings. The normalized spacial score (nSPS) is 11.1. The van der Waals surface area contributed by atoms with Gasteiger partial charge < -0.3 is 10.4 Å². The summed E-state index contributed by atoms with van der Waals surface area (Å²) in [5, 5.41) is 14.3. The van der Waals surface area contributed by atoms with Crippen LogP contribution >= 0.6 is 11.8 Å². The largest absolute Gasteiger partial charge is 0.480 e.